The maximum Gasteiger partial charge on any atom is 0.0983 e. The summed E-state index contributed by atoms with van der Waals surface area (Å²) in [4.78, 5) is 1.17. The molecule has 2 aromatic rings. The fraction of sp³-hybridized carbons (Fsp3) is 0.222. The van der Waals surface area contributed by atoms with E-state index in [1.807, 2.05) is 12.1 Å². The molecule has 0 saturated carbocycles. The number of aromatic nitrogens is 2. The summed E-state index contributed by atoms with van der Waals surface area (Å²) in [5, 5.41) is 4.80. The molecule has 0 aliphatic heterocycles. The van der Waals surface area contributed by atoms with Gasteiger partial charge < -0.3 is 5.73 Å². The first-order chi connectivity index (χ1) is 7.20. The summed E-state index contributed by atoms with van der Waals surface area (Å²) in [6.45, 7) is 0.505. The first kappa shape index (κ1) is 11.1. The minimum atomic E-state index is 0.0637. The highest BCUT2D eigenvalue weighted by Crippen LogP contribution is 2.29. The summed E-state index contributed by atoms with van der Waals surface area (Å²) in [7, 11) is 0. The zero-order valence-electron chi connectivity index (χ0n) is 7.73. The van der Waals surface area contributed by atoms with Gasteiger partial charge in [0, 0.05) is 17.6 Å². The molecule has 2 aromatic heterocycles. The summed E-state index contributed by atoms with van der Waals surface area (Å²) < 4.78 is 2.88. The predicted molar refractivity (Wildman–Crippen MR) is 66.4 cm³/mol. The Bertz CT molecular complexity index is 413. The van der Waals surface area contributed by atoms with Crippen LogP contribution in [0.4, 0.5) is 0 Å². The van der Waals surface area contributed by atoms with Gasteiger partial charge in [-0.1, -0.05) is 11.6 Å². The number of rotatable bonds is 3. The van der Waals surface area contributed by atoms with Crippen LogP contribution >= 0.6 is 38.9 Å². The lowest BCUT2D eigenvalue weighted by atomic mass is 10.2. The van der Waals surface area contributed by atoms with E-state index in [0.29, 0.717) is 11.6 Å². The van der Waals surface area contributed by atoms with Crippen molar-refractivity contribution in [3.63, 3.8) is 0 Å². The number of nitrogens with two attached hydrogens (primary N) is 1. The molecule has 0 radical (unpaired) electrons. The second-order valence-corrected chi connectivity index (χ2v) is 5.96. The molecule has 1 atom stereocenters. The van der Waals surface area contributed by atoms with Gasteiger partial charge >= 0.3 is 0 Å². The second-order valence-electron chi connectivity index (χ2n) is 3.03. The first-order valence-corrected chi connectivity index (χ1v) is 6.34. The van der Waals surface area contributed by atoms with Crippen molar-refractivity contribution in [3.05, 3.63) is 38.2 Å². The molecule has 2 N–H and O–H groups in total. The van der Waals surface area contributed by atoms with Crippen molar-refractivity contribution in [2.75, 3.05) is 6.54 Å². The van der Waals surface area contributed by atoms with Crippen LogP contribution in [0, 0.1) is 0 Å². The molecular formula is C9H9BrClN3S. The Morgan fingerprint density at radius 3 is 2.87 bits per heavy atom. The van der Waals surface area contributed by atoms with Crippen LogP contribution in [0.1, 0.15) is 10.9 Å². The van der Waals surface area contributed by atoms with Crippen molar-refractivity contribution in [2.24, 2.45) is 5.73 Å². The zero-order chi connectivity index (χ0) is 10.8. The molecule has 0 aromatic carbocycles. The van der Waals surface area contributed by atoms with Crippen molar-refractivity contribution in [3.8, 4) is 0 Å². The minimum absolute atomic E-state index is 0.0637. The Labute approximate surface area is 105 Å². The molecule has 2 rings (SSSR count). The predicted octanol–water partition coefficient (Wildman–Crippen LogP) is 2.91. The van der Waals surface area contributed by atoms with Crippen LogP contribution in [0.25, 0.3) is 0 Å². The highest BCUT2D eigenvalue weighted by molar-refractivity contribution is 9.11. The van der Waals surface area contributed by atoms with Gasteiger partial charge in [0.1, 0.15) is 0 Å². The molecule has 0 aliphatic carbocycles. The number of thiophene rings is 1. The Morgan fingerprint density at radius 1 is 1.60 bits per heavy atom. The van der Waals surface area contributed by atoms with E-state index in [1.165, 1.54) is 4.88 Å². The van der Waals surface area contributed by atoms with Crippen molar-refractivity contribution in [1.82, 2.24) is 9.78 Å². The van der Waals surface area contributed by atoms with Crippen LogP contribution in [0.15, 0.2) is 28.3 Å². The van der Waals surface area contributed by atoms with Gasteiger partial charge in [-0.05, 0) is 28.1 Å². The van der Waals surface area contributed by atoms with Crippen molar-refractivity contribution in [1.29, 1.82) is 0 Å². The molecule has 0 spiro atoms. The van der Waals surface area contributed by atoms with Crippen molar-refractivity contribution < 1.29 is 0 Å². The van der Waals surface area contributed by atoms with E-state index in [2.05, 4.69) is 21.0 Å². The summed E-state index contributed by atoms with van der Waals surface area (Å²) in [5.41, 5.74) is 5.74. The van der Waals surface area contributed by atoms with Gasteiger partial charge in [-0.25, -0.2) is 0 Å². The van der Waals surface area contributed by atoms with E-state index < -0.39 is 0 Å². The molecular weight excluding hydrogens is 298 g/mol. The van der Waals surface area contributed by atoms with Crippen LogP contribution < -0.4 is 5.73 Å². The summed E-state index contributed by atoms with van der Waals surface area (Å²) >= 11 is 10.9. The third-order valence-electron chi connectivity index (χ3n) is 2.04. The second kappa shape index (κ2) is 4.65. The number of hydrogen-bond donors (Lipinski definition) is 1. The molecule has 2 heterocycles. The first-order valence-electron chi connectivity index (χ1n) is 4.35. The molecule has 0 bridgehead atoms. The number of halogens is 2. The highest BCUT2D eigenvalue weighted by Gasteiger charge is 2.14. The Balaban J connectivity index is 2.32. The maximum absolute atomic E-state index is 5.82. The topological polar surface area (TPSA) is 43.8 Å². The lowest BCUT2D eigenvalue weighted by Gasteiger charge is -2.12. The lowest BCUT2D eigenvalue weighted by Crippen LogP contribution is -2.19. The van der Waals surface area contributed by atoms with Gasteiger partial charge in [0.15, 0.2) is 0 Å². The molecule has 0 amide bonds. The SMILES string of the molecule is NCC(c1ccc(Br)s1)n1cc(Cl)cn1. The molecule has 0 saturated heterocycles. The lowest BCUT2D eigenvalue weighted by molar-refractivity contribution is 0.540. The third-order valence-corrected chi connectivity index (χ3v) is 3.96. The average molecular weight is 307 g/mol. The Morgan fingerprint density at radius 2 is 2.40 bits per heavy atom. The van der Waals surface area contributed by atoms with Gasteiger partial charge in [-0.15, -0.1) is 11.3 Å². The maximum atomic E-state index is 5.82. The van der Waals surface area contributed by atoms with Crippen LogP contribution in [0.3, 0.4) is 0 Å². The summed E-state index contributed by atoms with van der Waals surface area (Å²) in [6, 6.07) is 4.11. The van der Waals surface area contributed by atoms with Gasteiger partial charge in [-0.2, -0.15) is 5.10 Å². The fourth-order valence-electron chi connectivity index (χ4n) is 1.35. The van der Waals surface area contributed by atoms with Crippen LogP contribution in [0.2, 0.25) is 5.02 Å². The monoisotopic (exact) mass is 305 g/mol. The molecule has 3 nitrogen and oxygen atoms in total. The van der Waals surface area contributed by atoms with E-state index in [4.69, 9.17) is 17.3 Å². The normalized spacial score (nSPS) is 13.0. The summed E-state index contributed by atoms with van der Waals surface area (Å²) in [5.74, 6) is 0. The van der Waals surface area contributed by atoms with Gasteiger partial charge in [-0.3, -0.25) is 4.68 Å². The van der Waals surface area contributed by atoms with Crippen molar-refractivity contribution >= 4 is 38.9 Å². The van der Waals surface area contributed by atoms with Crippen LogP contribution in [-0.2, 0) is 0 Å². The molecule has 0 fully saturated rings. The van der Waals surface area contributed by atoms with Gasteiger partial charge in [0.25, 0.3) is 0 Å². The van der Waals surface area contributed by atoms with E-state index >= 15 is 0 Å². The van der Waals surface area contributed by atoms with Crippen LogP contribution in [0.5, 0.6) is 0 Å². The van der Waals surface area contributed by atoms with Crippen LogP contribution in [-0.4, -0.2) is 16.3 Å². The standard InChI is InChI=1S/C9H9BrClN3S/c10-9-2-1-8(15-9)7(3-12)14-5-6(11)4-13-14/h1-2,4-5,7H,3,12H2. The Kier molecular flexibility index (Phi) is 3.45. The van der Waals surface area contributed by atoms with Gasteiger partial charge in [0.05, 0.1) is 21.0 Å². The van der Waals surface area contributed by atoms with E-state index in [-0.39, 0.29) is 6.04 Å². The largest absolute Gasteiger partial charge is 0.328 e. The summed E-state index contributed by atoms with van der Waals surface area (Å²) in [6.07, 6.45) is 3.40. The molecule has 15 heavy (non-hydrogen) atoms. The number of hydrogen-bond acceptors (Lipinski definition) is 3. The number of nitrogens with zero attached hydrogens (tertiary/aromatic N) is 2. The third kappa shape index (κ3) is 2.42. The average Bonchev–Trinajstić information content (AvgIpc) is 2.78. The van der Waals surface area contributed by atoms with E-state index in [9.17, 15) is 0 Å². The fourth-order valence-corrected chi connectivity index (χ4v) is 3.02. The van der Waals surface area contributed by atoms with E-state index in [0.717, 1.165) is 3.79 Å². The smallest absolute Gasteiger partial charge is 0.0983 e. The minimum Gasteiger partial charge on any atom is -0.328 e. The van der Waals surface area contributed by atoms with E-state index in [1.54, 1.807) is 28.4 Å². The quantitative estimate of drug-likeness (QED) is 0.947. The highest BCUT2D eigenvalue weighted by atomic mass is 79.9. The molecule has 6 heteroatoms. The molecule has 1 unspecified atom stereocenters. The van der Waals surface area contributed by atoms with Crippen molar-refractivity contribution in [2.45, 2.75) is 6.04 Å². The van der Waals surface area contributed by atoms with Gasteiger partial charge in [0.2, 0.25) is 0 Å². The zero-order valence-corrected chi connectivity index (χ0v) is 10.9. The Hall–Kier alpha value is -0.360. The molecule has 0 aliphatic rings. The molecule has 80 valence electrons.